The van der Waals surface area contributed by atoms with E-state index in [1.54, 1.807) is 18.2 Å². The fourth-order valence-electron chi connectivity index (χ4n) is 4.22. The number of hydrogen-bond donors (Lipinski definition) is 1. The molecule has 6 atom stereocenters. The molecule has 0 unspecified atom stereocenters. The van der Waals surface area contributed by atoms with Crippen LogP contribution in [0.1, 0.15) is 6.42 Å². The van der Waals surface area contributed by atoms with E-state index in [1.165, 1.54) is 12.1 Å². The molecule has 2 bridgehead atoms. The molecule has 0 aromatic heterocycles. The van der Waals surface area contributed by atoms with E-state index in [0.717, 1.165) is 0 Å². The lowest BCUT2D eigenvalue weighted by atomic mass is 9.79. The second kappa shape index (κ2) is 5.12. The number of alkyl halides is 1. The Hall–Kier alpha value is -1.25. The Morgan fingerprint density at radius 3 is 2.30 bits per heavy atom. The number of sulfonamides is 1. The van der Waals surface area contributed by atoms with Gasteiger partial charge >= 0.3 is 11.9 Å². The maximum atomic E-state index is 12.5. The van der Waals surface area contributed by atoms with E-state index in [4.69, 9.17) is 4.74 Å². The zero-order valence-electron chi connectivity index (χ0n) is 11.9. The minimum absolute atomic E-state index is 0.0765. The summed E-state index contributed by atoms with van der Waals surface area (Å²) in [6.07, 6.45) is 0.647. The summed E-state index contributed by atoms with van der Waals surface area (Å²) in [5, 5.41) is 0. The molecular weight excluding hydrogens is 386 g/mol. The van der Waals surface area contributed by atoms with Crippen molar-refractivity contribution in [2.24, 2.45) is 23.7 Å². The number of ether oxygens (including phenoxy) is 1. The third-order valence-electron chi connectivity index (χ3n) is 5.16. The predicted molar refractivity (Wildman–Crippen MR) is 82.9 cm³/mol. The summed E-state index contributed by atoms with van der Waals surface area (Å²) in [6.45, 7) is 0. The minimum atomic E-state index is -3.68. The highest BCUT2D eigenvalue weighted by Crippen LogP contribution is 2.57. The van der Waals surface area contributed by atoms with Gasteiger partial charge in [0.1, 0.15) is 0 Å². The van der Waals surface area contributed by atoms with Gasteiger partial charge in [-0.15, -0.1) is 0 Å². The molecule has 1 aliphatic heterocycles. The highest BCUT2D eigenvalue weighted by Gasteiger charge is 2.66. The summed E-state index contributed by atoms with van der Waals surface area (Å²) in [4.78, 5) is 23.7. The summed E-state index contributed by atoms with van der Waals surface area (Å²) < 4.78 is 32.5. The van der Waals surface area contributed by atoms with Crippen molar-refractivity contribution in [2.45, 2.75) is 22.2 Å². The Bertz CT molecular complexity index is 780. The Morgan fingerprint density at radius 2 is 1.65 bits per heavy atom. The summed E-state index contributed by atoms with van der Waals surface area (Å²) >= 11 is 3.52. The van der Waals surface area contributed by atoms with Crippen LogP contribution in [0, 0.1) is 23.7 Å². The number of hydrogen-bond acceptors (Lipinski definition) is 5. The molecule has 0 amide bonds. The smallest absolute Gasteiger partial charge is 0.317 e. The van der Waals surface area contributed by atoms with Crippen LogP contribution < -0.4 is 4.72 Å². The van der Waals surface area contributed by atoms with Gasteiger partial charge in [0, 0.05) is 10.9 Å². The van der Waals surface area contributed by atoms with Gasteiger partial charge in [0.05, 0.1) is 16.7 Å². The second-order valence-electron chi connectivity index (χ2n) is 6.26. The number of fused-ring (bicyclic) bond motifs is 5. The van der Waals surface area contributed by atoms with Crippen LogP contribution in [0.5, 0.6) is 0 Å². The van der Waals surface area contributed by atoms with Gasteiger partial charge in [-0.1, -0.05) is 34.1 Å². The molecule has 1 aromatic carbocycles. The highest BCUT2D eigenvalue weighted by molar-refractivity contribution is 9.09. The summed E-state index contributed by atoms with van der Waals surface area (Å²) in [5.74, 6) is -2.24. The van der Waals surface area contributed by atoms with E-state index in [-0.39, 0.29) is 21.6 Å². The Morgan fingerprint density at radius 1 is 1.04 bits per heavy atom. The third kappa shape index (κ3) is 2.19. The van der Waals surface area contributed by atoms with E-state index in [0.29, 0.717) is 6.42 Å². The van der Waals surface area contributed by atoms with Gasteiger partial charge in [-0.3, -0.25) is 9.59 Å². The summed E-state index contributed by atoms with van der Waals surface area (Å²) in [6, 6.07) is 7.68. The lowest BCUT2D eigenvalue weighted by Gasteiger charge is -2.32. The molecule has 1 heterocycles. The third-order valence-corrected chi connectivity index (χ3v) is 7.88. The number of nitrogens with one attached hydrogen (secondary N) is 1. The zero-order chi connectivity index (χ0) is 16.4. The van der Waals surface area contributed by atoms with E-state index < -0.39 is 39.8 Å². The van der Waals surface area contributed by atoms with Crippen molar-refractivity contribution in [2.75, 3.05) is 0 Å². The molecule has 6 nitrogen and oxygen atoms in total. The van der Waals surface area contributed by atoms with Crippen molar-refractivity contribution in [3.8, 4) is 0 Å². The molecule has 0 radical (unpaired) electrons. The molecule has 2 aliphatic carbocycles. The van der Waals surface area contributed by atoms with Crippen LogP contribution in [0.2, 0.25) is 0 Å². The number of halogens is 1. The molecule has 23 heavy (non-hydrogen) atoms. The molecular formula is C15H14BrNO5S. The standard InChI is InChI=1S/C15H14BrNO5S/c16-12-8-6-9(11-10(8)14(18)22-15(11)19)13(12)17-23(20,21)7-4-2-1-3-5-7/h1-5,8-13,17H,6H2/t8-,9-,10-,11-,12+,13+/m1/s1. The molecule has 8 heteroatoms. The van der Waals surface area contributed by atoms with Gasteiger partial charge in [-0.25, -0.2) is 13.1 Å². The molecule has 4 rings (SSSR count). The summed E-state index contributed by atoms with van der Waals surface area (Å²) in [7, 11) is -3.68. The first kappa shape index (κ1) is 15.3. The second-order valence-corrected chi connectivity index (χ2v) is 9.03. The van der Waals surface area contributed by atoms with Crippen LogP contribution in [-0.2, 0) is 24.3 Å². The van der Waals surface area contributed by atoms with E-state index >= 15 is 0 Å². The van der Waals surface area contributed by atoms with Gasteiger partial charge in [-0.05, 0) is 30.4 Å². The van der Waals surface area contributed by atoms with Gasteiger partial charge in [-0.2, -0.15) is 0 Å². The molecule has 2 saturated carbocycles. The van der Waals surface area contributed by atoms with Crippen molar-refractivity contribution in [1.82, 2.24) is 4.72 Å². The Kier molecular flexibility index (Phi) is 3.40. The van der Waals surface area contributed by atoms with Crippen molar-refractivity contribution >= 4 is 37.9 Å². The molecule has 3 aliphatic rings. The lowest BCUT2D eigenvalue weighted by molar-refractivity contribution is -0.154. The maximum Gasteiger partial charge on any atom is 0.317 e. The quantitative estimate of drug-likeness (QED) is 0.466. The monoisotopic (exact) mass is 399 g/mol. The van der Waals surface area contributed by atoms with Crippen LogP contribution in [0.4, 0.5) is 0 Å². The fraction of sp³-hybridized carbons (Fsp3) is 0.467. The van der Waals surface area contributed by atoms with Gasteiger partial charge in [0.25, 0.3) is 0 Å². The van der Waals surface area contributed by atoms with E-state index in [9.17, 15) is 18.0 Å². The average Bonchev–Trinajstić information content (AvgIpc) is 3.14. The van der Waals surface area contributed by atoms with Gasteiger partial charge in [0.15, 0.2) is 0 Å². The minimum Gasteiger partial charge on any atom is -0.393 e. The van der Waals surface area contributed by atoms with Crippen LogP contribution in [0.15, 0.2) is 35.2 Å². The SMILES string of the molecule is O=C1OC(=O)[C@@H]2[C@H]3C[C@@H]([C@H](Br)[C@H]3NS(=O)(=O)c3ccccc3)[C@@H]12. The van der Waals surface area contributed by atoms with E-state index in [1.807, 2.05) is 0 Å². The molecule has 122 valence electrons. The average molecular weight is 400 g/mol. The molecule has 1 aromatic rings. The Balaban J connectivity index is 1.62. The van der Waals surface area contributed by atoms with E-state index in [2.05, 4.69) is 20.7 Å². The van der Waals surface area contributed by atoms with Crippen LogP contribution in [0.3, 0.4) is 0 Å². The van der Waals surface area contributed by atoms with Crippen molar-refractivity contribution in [3.63, 3.8) is 0 Å². The number of cyclic esters (lactones) is 2. The zero-order valence-corrected chi connectivity index (χ0v) is 14.3. The van der Waals surface area contributed by atoms with Crippen LogP contribution >= 0.6 is 15.9 Å². The molecule has 0 spiro atoms. The van der Waals surface area contributed by atoms with Crippen molar-refractivity contribution in [3.05, 3.63) is 30.3 Å². The van der Waals surface area contributed by atoms with Crippen molar-refractivity contribution in [1.29, 1.82) is 0 Å². The lowest BCUT2D eigenvalue weighted by Crippen LogP contribution is -2.50. The van der Waals surface area contributed by atoms with Gasteiger partial charge in [0.2, 0.25) is 10.0 Å². The largest absolute Gasteiger partial charge is 0.393 e. The van der Waals surface area contributed by atoms with Crippen LogP contribution in [0.25, 0.3) is 0 Å². The summed E-state index contributed by atoms with van der Waals surface area (Å²) in [5.41, 5.74) is 0. The predicted octanol–water partition coefficient (Wildman–Crippen LogP) is 1.06. The first-order valence-corrected chi connectivity index (χ1v) is 9.77. The number of benzene rings is 1. The topological polar surface area (TPSA) is 89.5 Å². The number of esters is 2. The molecule has 3 fully saturated rings. The first-order chi connectivity index (χ1) is 10.9. The normalized spacial score (nSPS) is 38.7. The van der Waals surface area contributed by atoms with Crippen molar-refractivity contribution < 1.29 is 22.7 Å². The van der Waals surface area contributed by atoms with Gasteiger partial charge < -0.3 is 4.74 Å². The maximum absolute atomic E-state index is 12.5. The first-order valence-electron chi connectivity index (χ1n) is 7.37. The number of rotatable bonds is 3. The highest BCUT2D eigenvalue weighted by atomic mass is 79.9. The number of carbonyl (C=O) groups excluding carboxylic acids is 2. The van der Waals surface area contributed by atoms with Crippen LogP contribution in [-0.4, -0.2) is 31.2 Å². The fourth-order valence-corrected chi connectivity index (χ4v) is 6.79. The molecule has 1 saturated heterocycles. The number of carbonyl (C=O) groups is 2. The Labute approximate surface area is 141 Å². The molecule has 1 N–H and O–H groups in total.